The number of halogens is 1. The number of rotatable bonds is 2. The molecule has 0 aliphatic carbocycles. The number of fused-ring (bicyclic) bond motifs is 1. The van der Waals surface area contributed by atoms with Crippen molar-refractivity contribution in [3.05, 3.63) is 51.3 Å². The smallest absolute Gasteiger partial charge is 0.133 e. The molecular weight excluding hydrogens is 346 g/mol. The Hall–Kier alpha value is -1.59. The first kappa shape index (κ1) is 13.1. The van der Waals surface area contributed by atoms with Crippen molar-refractivity contribution in [2.45, 2.75) is 13.3 Å². The molecule has 0 atom stereocenters. The number of hydrogen-bond donors (Lipinski definition) is 1. The van der Waals surface area contributed by atoms with Gasteiger partial charge in [0.05, 0.1) is 10.6 Å². The third-order valence-corrected chi connectivity index (χ3v) is 5.22. The summed E-state index contributed by atoms with van der Waals surface area (Å²) >= 11 is 5.30. The van der Waals surface area contributed by atoms with Gasteiger partial charge in [0.1, 0.15) is 11.5 Å². The Morgan fingerprint density at radius 3 is 3.00 bits per heavy atom. The van der Waals surface area contributed by atoms with Crippen LogP contribution in [0.1, 0.15) is 11.1 Å². The second kappa shape index (κ2) is 5.00. The van der Waals surface area contributed by atoms with Crippen molar-refractivity contribution in [3.63, 3.8) is 0 Å². The first-order valence-corrected chi connectivity index (χ1v) is 8.57. The van der Waals surface area contributed by atoms with E-state index in [2.05, 4.69) is 51.7 Å². The van der Waals surface area contributed by atoms with E-state index in [1.54, 1.807) is 11.3 Å². The normalized spacial score (nSPS) is 13.2. The molecule has 1 aliphatic heterocycles. The average molecular weight is 360 g/mol. The number of thiophene rings is 1. The van der Waals surface area contributed by atoms with E-state index in [4.69, 9.17) is 5.10 Å². The highest BCUT2D eigenvalue weighted by atomic mass is 79.9. The van der Waals surface area contributed by atoms with Gasteiger partial charge in [-0.05, 0) is 48.6 Å². The minimum absolute atomic E-state index is 0.985. The highest BCUT2D eigenvalue weighted by molar-refractivity contribution is 9.10. The number of nitrogens with one attached hydrogen (secondary N) is 1. The summed E-state index contributed by atoms with van der Waals surface area (Å²) in [5, 5.41) is 10.5. The van der Waals surface area contributed by atoms with Crippen LogP contribution in [-0.2, 0) is 6.42 Å². The van der Waals surface area contributed by atoms with Gasteiger partial charge in [-0.2, -0.15) is 5.10 Å². The van der Waals surface area contributed by atoms with E-state index in [-0.39, 0.29) is 0 Å². The second-order valence-electron chi connectivity index (χ2n) is 5.23. The van der Waals surface area contributed by atoms with Crippen molar-refractivity contribution >= 4 is 33.1 Å². The fraction of sp³-hybridized carbons (Fsp3) is 0.188. The summed E-state index contributed by atoms with van der Waals surface area (Å²) < 4.78 is 3.09. The lowest BCUT2D eigenvalue weighted by Crippen LogP contribution is -2.04. The summed E-state index contributed by atoms with van der Waals surface area (Å²) in [6.07, 6.45) is 1.04. The Labute approximate surface area is 135 Å². The molecule has 0 saturated heterocycles. The van der Waals surface area contributed by atoms with Crippen LogP contribution in [0, 0.1) is 6.92 Å². The largest absolute Gasteiger partial charge is 0.369 e. The number of aromatic nitrogens is 2. The van der Waals surface area contributed by atoms with E-state index in [1.165, 1.54) is 16.0 Å². The Kier molecular flexibility index (Phi) is 3.12. The Bertz CT molecular complexity index is 819. The van der Waals surface area contributed by atoms with Crippen LogP contribution < -0.4 is 5.32 Å². The van der Waals surface area contributed by atoms with E-state index >= 15 is 0 Å². The van der Waals surface area contributed by atoms with Crippen molar-refractivity contribution in [1.82, 2.24) is 9.78 Å². The van der Waals surface area contributed by atoms with Gasteiger partial charge in [0, 0.05) is 16.6 Å². The van der Waals surface area contributed by atoms with Gasteiger partial charge in [-0.25, -0.2) is 4.68 Å². The Morgan fingerprint density at radius 2 is 2.24 bits per heavy atom. The summed E-state index contributed by atoms with van der Waals surface area (Å²) in [7, 11) is 0. The summed E-state index contributed by atoms with van der Waals surface area (Å²) in [5.74, 6) is 1.13. The van der Waals surface area contributed by atoms with Crippen molar-refractivity contribution < 1.29 is 0 Å². The van der Waals surface area contributed by atoms with Crippen molar-refractivity contribution in [2.75, 3.05) is 11.9 Å². The zero-order valence-electron chi connectivity index (χ0n) is 11.6. The van der Waals surface area contributed by atoms with Crippen molar-refractivity contribution in [1.29, 1.82) is 0 Å². The molecular formula is C16H14BrN3S. The molecule has 5 heteroatoms. The third-order valence-electron chi connectivity index (χ3n) is 3.67. The zero-order chi connectivity index (χ0) is 14.4. The molecule has 0 unspecified atom stereocenters. The van der Waals surface area contributed by atoms with Gasteiger partial charge in [-0.15, -0.1) is 11.3 Å². The number of nitrogens with zero attached hydrogens (tertiary/aromatic N) is 2. The lowest BCUT2D eigenvalue weighted by atomic mass is 10.1. The lowest BCUT2D eigenvalue weighted by molar-refractivity contribution is 0.883. The highest BCUT2D eigenvalue weighted by Gasteiger charge is 2.24. The van der Waals surface area contributed by atoms with Gasteiger partial charge in [-0.1, -0.05) is 22.0 Å². The average Bonchev–Trinajstić information content (AvgIpc) is 3.14. The molecule has 4 rings (SSSR count). The molecule has 0 spiro atoms. The molecule has 0 radical (unpaired) electrons. The monoisotopic (exact) mass is 359 g/mol. The molecule has 3 heterocycles. The van der Waals surface area contributed by atoms with Gasteiger partial charge >= 0.3 is 0 Å². The third kappa shape index (κ3) is 2.21. The van der Waals surface area contributed by atoms with Crippen LogP contribution in [-0.4, -0.2) is 16.3 Å². The van der Waals surface area contributed by atoms with Gasteiger partial charge < -0.3 is 5.32 Å². The standard InChI is InChI=1S/C16H14BrN3S/c1-10-7-14(21-9-10)15-13-5-6-18-16(13)20(19-15)12-4-2-3-11(17)8-12/h2-4,7-9,18H,5-6H2,1H3. The van der Waals surface area contributed by atoms with Gasteiger partial charge in [0.2, 0.25) is 0 Å². The van der Waals surface area contributed by atoms with Crippen LogP contribution in [0.5, 0.6) is 0 Å². The fourth-order valence-electron chi connectivity index (χ4n) is 2.72. The molecule has 106 valence electrons. The van der Waals surface area contributed by atoms with Gasteiger partial charge in [0.15, 0.2) is 0 Å². The first-order chi connectivity index (χ1) is 10.2. The number of aryl methyl sites for hydroxylation is 1. The molecule has 0 bridgehead atoms. The second-order valence-corrected chi connectivity index (χ2v) is 7.06. The Balaban J connectivity index is 1.90. The summed E-state index contributed by atoms with van der Waals surface area (Å²) in [6, 6.07) is 10.5. The molecule has 1 N–H and O–H groups in total. The molecule has 1 aliphatic rings. The van der Waals surface area contributed by atoms with Crippen molar-refractivity contribution in [2.24, 2.45) is 0 Å². The zero-order valence-corrected chi connectivity index (χ0v) is 14.0. The number of hydrogen-bond acceptors (Lipinski definition) is 3. The molecule has 0 saturated carbocycles. The maximum Gasteiger partial charge on any atom is 0.133 e. The SMILES string of the molecule is Cc1csc(-c2nn(-c3cccc(Br)c3)c3c2CCN3)c1. The molecule has 0 amide bonds. The van der Waals surface area contributed by atoms with E-state index in [0.717, 1.165) is 34.6 Å². The maximum absolute atomic E-state index is 4.87. The van der Waals surface area contributed by atoms with Crippen LogP contribution in [0.4, 0.5) is 5.82 Å². The first-order valence-electron chi connectivity index (χ1n) is 6.89. The Morgan fingerprint density at radius 1 is 1.33 bits per heavy atom. The van der Waals surface area contributed by atoms with Crippen LogP contribution in [0.15, 0.2) is 40.2 Å². The highest BCUT2D eigenvalue weighted by Crippen LogP contribution is 2.37. The van der Waals surface area contributed by atoms with E-state index < -0.39 is 0 Å². The molecule has 21 heavy (non-hydrogen) atoms. The number of anilines is 1. The number of benzene rings is 1. The van der Waals surface area contributed by atoms with Crippen LogP contribution >= 0.6 is 27.3 Å². The predicted octanol–water partition coefficient (Wildman–Crippen LogP) is 4.64. The summed E-state index contributed by atoms with van der Waals surface area (Å²) in [4.78, 5) is 1.25. The van der Waals surface area contributed by atoms with E-state index in [9.17, 15) is 0 Å². The quantitative estimate of drug-likeness (QED) is 0.722. The van der Waals surface area contributed by atoms with Crippen molar-refractivity contribution in [3.8, 4) is 16.3 Å². The van der Waals surface area contributed by atoms with E-state index in [1.807, 2.05) is 16.8 Å². The van der Waals surface area contributed by atoms with Gasteiger partial charge in [0.25, 0.3) is 0 Å². The van der Waals surface area contributed by atoms with Crippen LogP contribution in [0.2, 0.25) is 0 Å². The molecule has 3 nitrogen and oxygen atoms in total. The molecule has 1 aromatic carbocycles. The van der Waals surface area contributed by atoms with Crippen LogP contribution in [0.25, 0.3) is 16.3 Å². The molecule has 3 aromatic rings. The van der Waals surface area contributed by atoms with E-state index in [0.29, 0.717) is 0 Å². The molecule has 2 aromatic heterocycles. The maximum atomic E-state index is 4.87. The minimum Gasteiger partial charge on any atom is -0.369 e. The van der Waals surface area contributed by atoms with Gasteiger partial charge in [-0.3, -0.25) is 0 Å². The topological polar surface area (TPSA) is 29.9 Å². The van der Waals surface area contributed by atoms with Crippen LogP contribution in [0.3, 0.4) is 0 Å². The predicted molar refractivity (Wildman–Crippen MR) is 91.5 cm³/mol. The minimum atomic E-state index is 0.985. The molecule has 0 fully saturated rings. The summed E-state index contributed by atoms with van der Waals surface area (Å²) in [6.45, 7) is 3.11. The fourth-order valence-corrected chi connectivity index (χ4v) is 4.02. The lowest BCUT2D eigenvalue weighted by Gasteiger charge is -2.06. The summed E-state index contributed by atoms with van der Waals surface area (Å²) in [5.41, 5.74) is 4.83.